The topological polar surface area (TPSA) is 74.7 Å². The second-order valence-electron chi connectivity index (χ2n) is 3.67. The van der Waals surface area contributed by atoms with Gasteiger partial charge < -0.3 is 15.7 Å². The van der Waals surface area contributed by atoms with Crippen LogP contribution >= 0.6 is 0 Å². The summed E-state index contributed by atoms with van der Waals surface area (Å²) in [7, 11) is 0. The summed E-state index contributed by atoms with van der Waals surface area (Å²) in [4.78, 5) is 16.6. The lowest BCUT2D eigenvalue weighted by atomic mass is 10.1. The normalized spacial score (nSPS) is 11.1. The number of hydrogen-bond acceptors (Lipinski definition) is 2. The summed E-state index contributed by atoms with van der Waals surface area (Å²) < 4.78 is 0. The van der Waals surface area contributed by atoms with E-state index >= 15 is 0 Å². The Balaban J connectivity index is 2.84. The van der Waals surface area contributed by atoms with E-state index in [-0.39, 0.29) is 5.69 Å². The molecule has 0 saturated heterocycles. The third-order valence-corrected chi connectivity index (χ3v) is 1.90. The predicted molar refractivity (Wildman–Crippen MR) is 52.7 cm³/mol. The molecule has 0 aliphatic rings. The molecule has 0 amide bonds. The molecule has 0 spiro atoms. The minimum Gasteiger partial charge on any atom is -0.330 e. The number of imidazole rings is 1. The van der Waals surface area contributed by atoms with Crippen LogP contribution in [0.1, 0.15) is 25.2 Å². The number of hydrogen-bond donors (Lipinski definition) is 3. The maximum atomic E-state index is 11.0. The second-order valence-corrected chi connectivity index (χ2v) is 3.67. The minimum absolute atomic E-state index is 0.126. The summed E-state index contributed by atoms with van der Waals surface area (Å²) in [5, 5.41) is 0. The Kier molecular flexibility index (Phi) is 3.31. The number of aromatic nitrogens is 2. The summed E-state index contributed by atoms with van der Waals surface area (Å²) in [6.45, 7) is 4.81. The monoisotopic (exact) mass is 183 g/mol. The van der Waals surface area contributed by atoms with Crippen LogP contribution in [0.3, 0.4) is 0 Å². The molecule has 0 aliphatic heterocycles. The van der Waals surface area contributed by atoms with Gasteiger partial charge in [-0.05, 0) is 18.9 Å². The maximum absolute atomic E-state index is 11.0. The molecular formula is C9H17N3O. The summed E-state index contributed by atoms with van der Waals surface area (Å²) >= 11 is 0. The fraction of sp³-hybridized carbons (Fsp3) is 0.667. The average molecular weight is 183 g/mol. The van der Waals surface area contributed by atoms with Gasteiger partial charge in [-0.15, -0.1) is 0 Å². The molecule has 4 N–H and O–H groups in total. The smallest absolute Gasteiger partial charge is 0.323 e. The van der Waals surface area contributed by atoms with Crippen LogP contribution in [0.2, 0.25) is 0 Å². The van der Waals surface area contributed by atoms with Crippen LogP contribution in [0.4, 0.5) is 0 Å². The van der Waals surface area contributed by atoms with E-state index in [1.54, 1.807) is 0 Å². The molecule has 0 aromatic carbocycles. The highest BCUT2D eigenvalue weighted by Crippen LogP contribution is 2.07. The molecule has 4 heteroatoms. The lowest BCUT2D eigenvalue weighted by Crippen LogP contribution is -2.07. The van der Waals surface area contributed by atoms with Crippen molar-refractivity contribution in [1.29, 1.82) is 0 Å². The molecule has 74 valence electrons. The van der Waals surface area contributed by atoms with Crippen molar-refractivity contribution in [3.8, 4) is 0 Å². The van der Waals surface area contributed by atoms with Crippen molar-refractivity contribution in [1.82, 2.24) is 9.97 Å². The average Bonchev–Trinajstić information content (AvgIpc) is 2.31. The lowest BCUT2D eigenvalue weighted by molar-refractivity contribution is 0.631. The van der Waals surface area contributed by atoms with Crippen molar-refractivity contribution < 1.29 is 0 Å². The van der Waals surface area contributed by atoms with Crippen molar-refractivity contribution in [2.45, 2.75) is 26.7 Å². The van der Waals surface area contributed by atoms with E-state index in [4.69, 9.17) is 5.73 Å². The van der Waals surface area contributed by atoms with E-state index in [2.05, 4.69) is 23.8 Å². The van der Waals surface area contributed by atoms with Crippen molar-refractivity contribution in [2.75, 3.05) is 6.54 Å². The van der Waals surface area contributed by atoms with Gasteiger partial charge in [0.15, 0.2) is 0 Å². The van der Waals surface area contributed by atoms with Gasteiger partial charge in [-0.2, -0.15) is 0 Å². The van der Waals surface area contributed by atoms with Crippen LogP contribution in [0.15, 0.2) is 4.79 Å². The van der Waals surface area contributed by atoms with Crippen LogP contribution in [0.25, 0.3) is 0 Å². The van der Waals surface area contributed by atoms with Crippen LogP contribution in [0, 0.1) is 5.92 Å². The Bertz CT molecular complexity index is 311. The molecule has 0 unspecified atom stereocenters. The molecule has 0 atom stereocenters. The van der Waals surface area contributed by atoms with Crippen LogP contribution < -0.4 is 11.4 Å². The fourth-order valence-electron chi connectivity index (χ4n) is 1.40. The largest absolute Gasteiger partial charge is 0.330 e. The molecule has 13 heavy (non-hydrogen) atoms. The molecule has 0 saturated carbocycles. The first-order valence-corrected chi connectivity index (χ1v) is 4.63. The number of nitrogens with two attached hydrogens (primary N) is 1. The van der Waals surface area contributed by atoms with Gasteiger partial charge in [0.2, 0.25) is 0 Å². The first-order valence-electron chi connectivity index (χ1n) is 4.63. The van der Waals surface area contributed by atoms with Crippen molar-refractivity contribution in [3.63, 3.8) is 0 Å². The number of H-pyrrole nitrogens is 2. The molecule has 0 radical (unpaired) electrons. The summed E-state index contributed by atoms with van der Waals surface area (Å²) in [5.74, 6) is 0.544. The first kappa shape index (κ1) is 10.1. The van der Waals surface area contributed by atoms with Gasteiger partial charge in [-0.1, -0.05) is 13.8 Å². The molecule has 0 bridgehead atoms. The second kappa shape index (κ2) is 4.28. The highest BCUT2D eigenvalue weighted by Gasteiger charge is 2.07. The number of nitrogens with one attached hydrogen (secondary N) is 2. The zero-order chi connectivity index (χ0) is 9.84. The van der Waals surface area contributed by atoms with Crippen molar-refractivity contribution in [2.24, 2.45) is 11.7 Å². The first-order chi connectivity index (χ1) is 6.13. The highest BCUT2D eigenvalue weighted by molar-refractivity contribution is 5.12. The van der Waals surface area contributed by atoms with Gasteiger partial charge in [0.05, 0.1) is 0 Å². The van der Waals surface area contributed by atoms with Gasteiger partial charge in [-0.25, -0.2) is 4.79 Å². The van der Waals surface area contributed by atoms with Crippen LogP contribution in [0.5, 0.6) is 0 Å². The SMILES string of the molecule is CC(C)Cc1[nH]c(=O)[nH]c1CCN. The molecular weight excluding hydrogens is 166 g/mol. The predicted octanol–water partition coefficient (Wildman–Crippen LogP) is 0.403. The molecule has 1 aromatic heterocycles. The minimum atomic E-state index is -0.126. The van der Waals surface area contributed by atoms with Crippen molar-refractivity contribution in [3.05, 3.63) is 21.9 Å². The molecule has 1 aromatic rings. The number of aromatic amines is 2. The third-order valence-electron chi connectivity index (χ3n) is 1.90. The van der Waals surface area contributed by atoms with E-state index < -0.39 is 0 Å². The molecule has 1 rings (SSSR count). The van der Waals surface area contributed by atoms with Gasteiger partial charge in [0.1, 0.15) is 0 Å². The zero-order valence-corrected chi connectivity index (χ0v) is 8.18. The van der Waals surface area contributed by atoms with E-state index in [0.29, 0.717) is 12.5 Å². The molecule has 4 nitrogen and oxygen atoms in total. The standard InChI is InChI=1S/C9H17N3O/c1-6(2)5-8-7(3-4-10)11-9(13)12-8/h6H,3-5,10H2,1-2H3,(H2,11,12,13). The highest BCUT2D eigenvalue weighted by atomic mass is 16.1. The van der Waals surface area contributed by atoms with Gasteiger partial charge in [0, 0.05) is 17.8 Å². The molecule has 0 aliphatic carbocycles. The van der Waals surface area contributed by atoms with Gasteiger partial charge in [0.25, 0.3) is 0 Å². The van der Waals surface area contributed by atoms with E-state index in [1.807, 2.05) is 0 Å². The van der Waals surface area contributed by atoms with Crippen molar-refractivity contribution >= 4 is 0 Å². The van der Waals surface area contributed by atoms with E-state index in [1.165, 1.54) is 0 Å². The summed E-state index contributed by atoms with van der Waals surface area (Å²) in [6.07, 6.45) is 1.63. The maximum Gasteiger partial charge on any atom is 0.323 e. The van der Waals surface area contributed by atoms with E-state index in [0.717, 1.165) is 24.2 Å². The lowest BCUT2D eigenvalue weighted by Gasteiger charge is -2.04. The quantitative estimate of drug-likeness (QED) is 0.632. The Morgan fingerprint density at radius 1 is 1.31 bits per heavy atom. The zero-order valence-electron chi connectivity index (χ0n) is 8.18. The number of rotatable bonds is 4. The summed E-state index contributed by atoms with van der Waals surface area (Å²) in [5.41, 5.74) is 7.27. The third kappa shape index (κ3) is 2.73. The Labute approximate surface area is 77.6 Å². The Morgan fingerprint density at radius 3 is 2.46 bits per heavy atom. The van der Waals surface area contributed by atoms with Crippen LogP contribution in [-0.2, 0) is 12.8 Å². The molecule has 1 heterocycles. The fourth-order valence-corrected chi connectivity index (χ4v) is 1.40. The summed E-state index contributed by atoms with van der Waals surface area (Å²) in [6, 6.07) is 0. The van der Waals surface area contributed by atoms with Crippen LogP contribution in [-0.4, -0.2) is 16.5 Å². The Hall–Kier alpha value is -1.03. The Morgan fingerprint density at radius 2 is 1.92 bits per heavy atom. The van der Waals surface area contributed by atoms with Gasteiger partial charge >= 0.3 is 5.69 Å². The van der Waals surface area contributed by atoms with Gasteiger partial charge in [-0.3, -0.25) is 0 Å². The van der Waals surface area contributed by atoms with E-state index in [9.17, 15) is 4.79 Å². The molecule has 0 fully saturated rings.